The molecular formula is C20H22N2O5S. The molecule has 1 fully saturated rings. The number of sulfonamides is 1. The zero-order valence-electron chi connectivity index (χ0n) is 15.8. The van der Waals surface area contributed by atoms with Crippen LogP contribution in [0.1, 0.15) is 25.3 Å². The molecule has 2 aromatic carbocycles. The van der Waals surface area contributed by atoms with Crippen molar-refractivity contribution in [3.05, 3.63) is 54.1 Å². The average molecular weight is 402 g/mol. The van der Waals surface area contributed by atoms with Gasteiger partial charge in [0.1, 0.15) is 10.6 Å². The van der Waals surface area contributed by atoms with Gasteiger partial charge in [-0.15, -0.1) is 0 Å². The first kappa shape index (κ1) is 20.0. The Morgan fingerprint density at radius 2 is 1.68 bits per heavy atom. The lowest BCUT2D eigenvalue weighted by atomic mass is 10.2. The number of imide groups is 1. The van der Waals surface area contributed by atoms with Crippen molar-refractivity contribution < 1.29 is 22.7 Å². The standard InChI is InChI=1S/C20H22N2O5S/c1-3-21(14-15-7-5-4-6-8-15)28(25,26)18-13-16(9-10-17(18)27-2)22-19(23)11-12-20(22)24/h4-10,13H,3,11-12,14H2,1-2H3. The van der Waals surface area contributed by atoms with Gasteiger partial charge in [-0.3, -0.25) is 14.5 Å². The highest BCUT2D eigenvalue weighted by atomic mass is 32.2. The topological polar surface area (TPSA) is 84.0 Å². The van der Waals surface area contributed by atoms with Crippen molar-refractivity contribution in [2.24, 2.45) is 0 Å². The van der Waals surface area contributed by atoms with Crippen LogP contribution in [0.2, 0.25) is 0 Å². The molecule has 1 aliphatic heterocycles. The lowest BCUT2D eigenvalue weighted by Crippen LogP contribution is -2.32. The summed E-state index contributed by atoms with van der Waals surface area (Å²) in [6.07, 6.45) is 0.254. The summed E-state index contributed by atoms with van der Waals surface area (Å²) >= 11 is 0. The fraction of sp³-hybridized carbons (Fsp3) is 0.300. The molecular weight excluding hydrogens is 380 g/mol. The third kappa shape index (κ3) is 3.79. The molecule has 7 nitrogen and oxygen atoms in total. The molecule has 0 N–H and O–H groups in total. The lowest BCUT2D eigenvalue weighted by Gasteiger charge is -2.23. The van der Waals surface area contributed by atoms with E-state index in [0.29, 0.717) is 0 Å². The van der Waals surface area contributed by atoms with Crippen LogP contribution < -0.4 is 9.64 Å². The van der Waals surface area contributed by atoms with Crippen molar-refractivity contribution in [3.8, 4) is 5.75 Å². The van der Waals surface area contributed by atoms with Crippen LogP contribution >= 0.6 is 0 Å². The number of ether oxygens (including phenoxy) is 1. The highest BCUT2D eigenvalue weighted by molar-refractivity contribution is 7.89. The maximum Gasteiger partial charge on any atom is 0.247 e. The molecule has 8 heteroatoms. The van der Waals surface area contributed by atoms with Gasteiger partial charge in [0.15, 0.2) is 0 Å². The number of nitrogens with zero attached hydrogens (tertiary/aromatic N) is 2. The molecule has 0 bridgehead atoms. The van der Waals surface area contributed by atoms with Crippen molar-refractivity contribution in [1.82, 2.24) is 4.31 Å². The van der Waals surface area contributed by atoms with E-state index < -0.39 is 10.0 Å². The van der Waals surface area contributed by atoms with Gasteiger partial charge in [0.05, 0.1) is 12.8 Å². The maximum atomic E-state index is 13.3. The number of anilines is 1. The molecule has 28 heavy (non-hydrogen) atoms. The molecule has 0 spiro atoms. The Bertz CT molecular complexity index is 973. The Kier molecular flexibility index (Phi) is 5.81. The van der Waals surface area contributed by atoms with Crippen molar-refractivity contribution in [1.29, 1.82) is 0 Å². The van der Waals surface area contributed by atoms with Crippen LogP contribution in [0.3, 0.4) is 0 Å². The molecule has 2 aromatic rings. The number of amides is 2. The number of methoxy groups -OCH3 is 1. The van der Waals surface area contributed by atoms with Gasteiger partial charge in [0, 0.05) is 25.9 Å². The Morgan fingerprint density at radius 3 is 2.25 bits per heavy atom. The summed E-state index contributed by atoms with van der Waals surface area (Å²) in [7, 11) is -2.54. The predicted octanol–water partition coefficient (Wildman–Crippen LogP) is 2.56. The van der Waals surface area contributed by atoms with Gasteiger partial charge < -0.3 is 4.74 Å². The van der Waals surface area contributed by atoms with Crippen LogP contribution in [-0.2, 0) is 26.2 Å². The lowest BCUT2D eigenvalue weighted by molar-refractivity contribution is -0.121. The fourth-order valence-electron chi connectivity index (χ4n) is 3.16. The van der Waals surface area contributed by atoms with E-state index in [1.54, 1.807) is 6.92 Å². The third-order valence-corrected chi connectivity index (χ3v) is 6.57. The summed E-state index contributed by atoms with van der Waals surface area (Å²) in [5.41, 5.74) is 1.09. The number of rotatable bonds is 7. The second-order valence-corrected chi connectivity index (χ2v) is 8.28. The fourth-order valence-corrected chi connectivity index (χ4v) is 4.78. The van der Waals surface area contributed by atoms with Crippen molar-refractivity contribution in [2.45, 2.75) is 31.2 Å². The molecule has 0 atom stereocenters. The van der Waals surface area contributed by atoms with Crippen LogP contribution in [0.25, 0.3) is 0 Å². The Labute approximate surface area is 164 Å². The molecule has 3 rings (SSSR count). The monoisotopic (exact) mass is 402 g/mol. The Balaban J connectivity index is 2.02. The maximum absolute atomic E-state index is 13.3. The molecule has 0 saturated carbocycles. The summed E-state index contributed by atoms with van der Waals surface area (Å²) in [6.45, 7) is 2.21. The normalized spacial score (nSPS) is 14.8. The van der Waals surface area contributed by atoms with E-state index in [-0.39, 0.29) is 54.1 Å². The van der Waals surface area contributed by atoms with Crippen molar-refractivity contribution in [3.63, 3.8) is 0 Å². The predicted molar refractivity (Wildman–Crippen MR) is 104 cm³/mol. The number of carbonyl (C=O) groups excluding carboxylic acids is 2. The smallest absolute Gasteiger partial charge is 0.247 e. The quantitative estimate of drug-likeness (QED) is 0.665. The summed E-state index contributed by atoms with van der Waals surface area (Å²) in [6, 6.07) is 13.6. The average Bonchev–Trinajstić information content (AvgIpc) is 3.04. The minimum absolute atomic E-state index is 0.0715. The van der Waals surface area contributed by atoms with E-state index in [0.717, 1.165) is 10.5 Å². The van der Waals surface area contributed by atoms with E-state index in [9.17, 15) is 18.0 Å². The molecule has 0 aromatic heterocycles. The first-order chi connectivity index (χ1) is 13.4. The van der Waals surface area contributed by atoms with Gasteiger partial charge in [-0.2, -0.15) is 4.31 Å². The van der Waals surface area contributed by atoms with E-state index in [2.05, 4.69) is 0 Å². The highest BCUT2D eigenvalue weighted by Crippen LogP contribution is 2.33. The summed E-state index contributed by atoms with van der Waals surface area (Å²) < 4.78 is 33.3. The van der Waals surface area contributed by atoms with Gasteiger partial charge in [-0.1, -0.05) is 37.3 Å². The molecule has 0 radical (unpaired) electrons. The van der Waals surface area contributed by atoms with Gasteiger partial charge >= 0.3 is 0 Å². The van der Waals surface area contributed by atoms with E-state index in [1.807, 2.05) is 30.3 Å². The minimum Gasteiger partial charge on any atom is -0.495 e. The van der Waals surface area contributed by atoms with Crippen LogP contribution in [0.4, 0.5) is 5.69 Å². The van der Waals surface area contributed by atoms with Gasteiger partial charge in [-0.25, -0.2) is 8.42 Å². The van der Waals surface area contributed by atoms with Crippen LogP contribution in [0.5, 0.6) is 5.75 Å². The first-order valence-corrected chi connectivity index (χ1v) is 10.4. The van der Waals surface area contributed by atoms with Gasteiger partial charge in [-0.05, 0) is 23.8 Å². The number of hydrogen-bond acceptors (Lipinski definition) is 5. The van der Waals surface area contributed by atoms with Crippen LogP contribution in [0, 0.1) is 0 Å². The zero-order valence-corrected chi connectivity index (χ0v) is 16.6. The Morgan fingerprint density at radius 1 is 1.04 bits per heavy atom. The first-order valence-electron chi connectivity index (χ1n) is 8.96. The Hall–Kier alpha value is -2.71. The van der Waals surface area contributed by atoms with Crippen molar-refractivity contribution >= 4 is 27.5 Å². The minimum atomic E-state index is -3.92. The second-order valence-electron chi connectivity index (χ2n) is 6.37. The van der Waals surface area contributed by atoms with Crippen LogP contribution in [-0.4, -0.2) is 38.2 Å². The molecule has 2 amide bonds. The van der Waals surface area contributed by atoms with Gasteiger partial charge in [0.2, 0.25) is 21.8 Å². The molecule has 0 unspecified atom stereocenters. The SMILES string of the molecule is CCN(Cc1ccccc1)S(=O)(=O)c1cc(N2C(=O)CCC2=O)ccc1OC. The summed E-state index contributed by atoms with van der Waals surface area (Å²) in [4.78, 5) is 25.1. The number of benzene rings is 2. The van der Waals surface area contributed by atoms with E-state index >= 15 is 0 Å². The van der Waals surface area contributed by atoms with Crippen molar-refractivity contribution in [2.75, 3.05) is 18.6 Å². The summed E-state index contributed by atoms with van der Waals surface area (Å²) in [5.74, 6) is -0.514. The summed E-state index contributed by atoms with van der Waals surface area (Å²) in [5, 5.41) is 0. The third-order valence-electron chi connectivity index (χ3n) is 4.63. The van der Waals surface area contributed by atoms with E-state index in [4.69, 9.17) is 4.74 Å². The van der Waals surface area contributed by atoms with E-state index in [1.165, 1.54) is 29.6 Å². The van der Waals surface area contributed by atoms with Gasteiger partial charge in [0.25, 0.3) is 0 Å². The number of hydrogen-bond donors (Lipinski definition) is 0. The second kappa shape index (κ2) is 8.12. The molecule has 148 valence electrons. The number of carbonyl (C=O) groups is 2. The highest BCUT2D eigenvalue weighted by Gasteiger charge is 2.33. The largest absolute Gasteiger partial charge is 0.495 e. The molecule has 1 saturated heterocycles. The van der Waals surface area contributed by atoms with Crippen LogP contribution in [0.15, 0.2) is 53.4 Å². The molecule has 1 aliphatic rings. The molecule has 1 heterocycles. The molecule has 0 aliphatic carbocycles. The zero-order chi connectivity index (χ0) is 20.3.